The van der Waals surface area contributed by atoms with E-state index in [0.29, 0.717) is 5.56 Å². The summed E-state index contributed by atoms with van der Waals surface area (Å²) >= 11 is -2.48. The minimum absolute atomic E-state index is 0. The normalized spacial score (nSPS) is 11.9. The van der Waals surface area contributed by atoms with Crippen LogP contribution in [0.1, 0.15) is 5.56 Å². The monoisotopic (exact) mass is 196 g/mol. The van der Waals surface area contributed by atoms with Crippen molar-refractivity contribution >= 4 is 11.1 Å². The molecule has 1 atom stereocenters. The van der Waals surface area contributed by atoms with E-state index in [2.05, 4.69) is 0 Å². The van der Waals surface area contributed by atoms with Crippen molar-refractivity contribution in [1.29, 1.82) is 0 Å². The van der Waals surface area contributed by atoms with Crippen molar-refractivity contribution < 1.29 is 42.7 Å². The first-order valence-corrected chi connectivity index (χ1v) is 4.05. The Kier molecular flexibility index (Phi) is 5.20. The van der Waals surface area contributed by atoms with Crippen LogP contribution in [0.3, 0.4) is 0 Å². The summed E-state index contributed by atoms with van der Waals surface area (Å²) in [5.74, 6) is -0.666. The minimum atomic E-state index is -2.48. The Hall–Kier alpha value is 0.260. The van der Waals surface area contributed by atoms with Crippen molar-refractivity contribution in [3.05, 3.63) is 29.6 Å². The SMILES string of the molecule is Cc1cccc(S(=O)[O-])c1F.[Na+]. The van der Waals surface area contributed by atoms with Crippen molar-refractivity contribution in [3.63, 3.8) is 0 Å². The van der Waals surface area contributed by atoms with Crippen LogP contribution >= 0.6 is 0 Å². The van der Waals surface area contributed by atoms with Crippen LogP contribution in [0.4, 0.5) is 4.39 Å². The maximum Gasteiger partial charge on any atom is 1.00 e. The Labute approximate surface area is 94.8 Å². The van der Waals surface area contributed by atoms with Crippen LogP contribution < -0.4 is 29.6 Å². The first-order chi connectivity index (χ1) is 5.13. The van der Waals surface area contributed by atoms with E-state index in [1.54, 1.807) is 0 Å². The van der Waals surface area contributed by atoms with Gasteiger partial charge in [0, 0.05) is 0 Å². The van der Waals surface area contributed by atoms with E-state index in [1.165, 1.54) is 25.1 Å². The summed E-state index contributed by atoms with van der Waals surface area (Å²) in [6, 6.07) is 4.25. The first-order valence-electron chi connectivity index (χ1n) is 2.97. The van der Waals surface area contributed by atoms with Crippen molar-refractivity contribution in [1.82, 2.24) is 0 Å². The molecule has 0 aliphatic rings. The molecular formula is C7H6FNaO2S. The molecule has 0 bridgehead atoms. The fourth-order valence-electron chi connectivity index (χ4n) is 0.749. The third-order valence-corrected chi connectivity index (χ3v) is 2.01. The molecule has 0 heterocycles. The molecule has 0 N–H and O–H groups in total. The number of hydrogen-bond acceptors (Lipinski definition) is 2. The first kappa shape index (κ1) is 12.3. The van der Waals surface area contributed by atoms with E-state index in [4.69, 9.17) is 0 Å². The summed E-state index contributed by atoms with van der Waals surface area (Å²) in [6.07, 6.45) is 0. The maximum absolute atomic E-state index is 12.9. The van der Waals surface area contributed by atoms with E-state index >= 15 is 0 Å². The molecule has 12 heavy (non-hydrogen) atoms. The van der Waals surface area contributed by atoms with E-state index in [1.807, 2.05) is 0 Å². The van der Waals surface area contributed by atoms with Crippen molar-refractivity contribution in [2.75, 3.05) is 0 Å². The van der Waals surface area contributed by atoms with Gasteiger partial charge >= 0.3 is 29.6 Å². The van der Waals surface area contributed by atoms with Crippen molar-refractivity contribution in [3.8, 4) is 0 Å². The predicted molar refractivity (Wildman–Crippen MR) is 38.3 cm³/mol. The zero-order valence-corrected chi connectivity index (χ0v) is 9.65. The van der Waals surface area contributed by atoms with E-state index in [9.17, 15) is 13.2 Å². The van der Waals surface area contributed by atoms with Gasteiger partial charge in [0.1, 0.15) is 5.82 Å². The van der Waals surface area contributed by atoms with Crippen LogP contribution in [0.2, 0.25) is 0 Å². The molecule has 0 saturated heterocycles. The molecule has 5 heteroatoms. The predicted octanol–water partition coefficient (Wildman–Crippen LogP) is -1.62. The van der Waals surface area contributed by atoms with Gasteiger partial charge in [-0.1, -0.05) is 12.1 Å². The Morgan fingerprint density at radius 2 is 2.08 bits per heavy atom. The molecule has 1 aromatic rings. The van der Waals surface area contributed by atoms with E-state index in [0.717, 1.165) is 0 Å². The number of benzene rings is 1. The van der Waals surface area contributed by atoms with Crippen LogP contribution in [0.25, 0.3) is 0 Å². The topological polar surface area (TPSA) is 40.1 Å². The molecule has 2 nitrogen and oxygen atoms in total. The van der Waals surface area contributed by atoms with Gasteiger partial charge in [0.15, 0.2) is 0 Å². The summed E-state index contributed by atoms with van der Waals surface area (Å²) < 4.78 is 33.5. The van der Waals surface area contributed by atoms with Crippen LogP contribution in [0, 0.1) is 12.7 Å². The van der Waals surface area contributed by atoms with Gasteiger partial charge in [-0.3, -0.25) is 4.21 Å². The summed E-state index contributed by atoms with van der Waals surface area (Å²) in [5.41, 5.74) is 0.340. The number of aryl methyl sites for hydroxylation is 1. The van der Waals surface area contributed by atoms with Gasteiger partial charge in [-0.05, 0) is 29.6 Å². The molecule has 0 spiro atoms. The minimum Gasteiger partial charge on any atom is -0.768 e. The molecule has 1 aromatic carbocycles. The average Bonchev–Trinajstić information content (AvgIpc) is 1.94. The Morgan fingerprint density at radius 3 is 2.50 bits per heavy atom. The van der Waals surface area contributed by atoms with Crippen LogP contribution in [0.5, 0.6) is 0 Å². The molecule has 0 radical (unpaired) electrons. The molecule has 0 amide bonds. The Bertz CT molecular complexity index is 303. The van der Waals surface area contributed by atoms with Gasteiger partial charge < -0.3 is 4.55 Å². The standard InChI is InChI=1S/C7H7FO2S.Na/c1-5-3-2-4-6(7(5)8)11(9)10;/h2-4H,1H3,(H,9,10);/q;+1/p-1. The van der Waals surface area contributed by atoms with E-state index in [-0.39, 0.29) is 34.5 Å². The fraction of sp³-hybridized carbons (Fsp3) is 0.143. The second-order valence-corrected chi connectivity index (χ2v) is 3.03. The van der Waals surface area contributed by atoms with Gasteiger partial charge in [-0.25, -0.2) is 4.39 Å². The summed E-state index contributed by atoms with van der Waals surface area (Å²) in [4.78, 5) is -0.273. The Balaban J connectivity index is 0.00000121. The van der Waals surface area contributed by atoms with Gasteiger partial charge in [-0.15, -0.1) is 0 Å². The summed E-state index contributed by atoms with van der Waals surface area (Å²) in [6.45, 7) is 1.52. The van der Waals surface area contributed by atoms with Crippen LogP contribution in [0.15, 0.2) is 23.1 Å². The average molecular weight is 196 g/mol. The quantitative estimate of drug-likeness (QED) is 0.400. The molecule has 0 aliphatic carbocycles. The molecule has 0 aromatic heterocycles. The third kappa shape index (κ3) is 2.64. The van der Waals surface area contributed by atoms with Gasteiger partial charge in [-0.2, -0.15) is 0 Å². The third-order valence-electron chi connectivity index (χ3n) is 1.34. The second kappa shape index (κ2) is 5.09. The molecule has 0 saturated carbocycles. The van der Waals surface area contributed by atoms with Gasteiger partial charge in [0.05, 0.1) is 4.90 Å². The summed E-state index contributed by atoms with van der Waals surface area (Å²) in [5, 5.41) is 0. The van der Waals surface area contributed by atoms with Crippen LogP contribution in [-0.2, 0) is 11.1 Å². The zero-order valence-electron chi connectivity index (χ0n) is 6.83. The number of halogens is 1. The molecule has 1 unspecified atom stereocenters. The fourth-order valence-corrected chi connectivity index (χ4v) is 1.25. The summed E-state index contributed by atoms with van der Waals surface area (Å²) in [7, 11) is 0. The van der Waals surface area contributed by atoms with Crippen molar-refractivity contribution in [2.24, 2.45) is 0 Å². The zero-order chi connectivity index (χ0) is 8.43. The van der Waals surface area contributed by atoms with Crippen molar-refractivity contribution in [2.45, 2.75) is 11.8 Å². The van der Waals surface area contributed by atoms with Crippen LogP contribution in [-0.4, -0.2) is 8.76 Å². The molecule has 60 valence electrons. The molecule has 0 fully saturated rings. The number of rotatable bonds is 1. The Morgan fingerprint density at radius 1 is 1.50 bits per heavy atom. The van der Waals surface area contributed by atoms with Gasteiger partial charge in [0.2, 0.25) is 0 Å². The maximum atomic E-state index is 12.9. The molecule has 1 rings (SSSR count). The second-order valence-electron chi connectivity index (χ2n) is 2.12. The molecule has 0 aliphatic heterocycles. The largest absolute Gasteiger partial charge is 1.00 e. The molecular weight excluding hydrogens is 190 g/mol. The van der Waals surface area contributed by atoms with E-state index < -0.39 is 16.9 Å². The smallest absolute Gasteiger partial charge is 0.768 e. The van der Waals surface area contributed by atoms with Gasteiger partial charge in [0.25, 0.3) is 0 Å². The number of hydrogen-bond donors (Lipinski definition) is 0.